The van der Waals surface area contributed by atoms with E-state index in [9.17, 15) is 0 Å². The zero-order valence-corrected chi connectivity index (χ0v) is 9.81. The van der Waals surface area contributed by atoms with Crippen molar-refractivity contribution in [1.82, 2.24) is 14.8 Å². The summed E-state index contributed by atoms with van der Waals surface area (Å²) in [4.78, 5) is 4.06. The molecule has 0 bridgehead atoms. The summed E-state index contributed by atoms with van der Waals surface area (Å²) < 4.78 is 8.05. The van der Waals surface area contributed by atoms with Crippen LogP contribution in [0.5, 0.6) is 5.75 Å². The Morgan fingerprint density at radius 2 is 2.27 bits per heavy atom. The first-order chi connectivity index (χ1) is 7.24. The fourth-order valence-electron chi connectivity index (χ4n) is 1.15. The van der Waals surface area contributed by atoms with Crippen LogP contribution in [0.3, 0.4) is 0 Å². The predicted octanol–water partition coefficient (Wildman–Crippen LogP) is 2.16. The maximum absolute atomic E-state index is 5.50. The van der Waals surface area contributed by atoms with E-state index < -0.39 is 0 Å². The van der Waals surface area contributed by atoms with E-state index in [2.05, 4.69) is 26.0 Å². The van der Waals surface area contributed by atoms with Crippen LogP contribution >= 0.6 is 15.9 Å². The van der Waals surface area contributed by atoms with Crippen LogP contribution < -0.4 is 4.74 Å². The number of rotatable bonds is 3. The molecule has 0 amide bonds. The Labute approximate surface area is 96.0 Å². The van der Waals surface area contributed by atoms with Crippen LogP contribution in [0.4, 0.5) is 0 Å². The SMILES string of the molecule is Cn1ccc(COc2ccc(Br)nc2)n1. The van der Waals surface area contributed by atoms with Gasteiger partial charge in [-0.25, -0.2) is 4.98 Å². The molecule has 78 valence electrons. The summed E-state index contributed by atoms with van der Waals surface area (Å²) in [7, 11) is 1.88. The van der Waals surface area contributed by atoms with Crippen molar-refractivity contribution in [1.29, 1.82) is 0 Å². The van der Waals surface area contributed by atoms with Crippen LogP contribution in [0.1, 0.15) is 5.69 Å². The quantitative estimate of drug-likeness (QED) is 0.801. The van der Waals surface area contributed by atoms with Crippen molar-refractivity contribution in [2.24, 2.45) is 7.05 Å². The minimum Gasteiger partial charge on any atom is -0.486 e. The second-order valence-electron chi connectivity index (χ2n) is 3.09. The Morgan fingerprint density at radius 3 is 2.87 bits per heavy atom. The lowest BCUT2D eigenvalue weighted by Crippen LogP contribution is -1.98. The Kier molecular flexibility index (Phi) is 3.01. The molecular weight excluding hydrogens is 258 g/mol. The van der Waals surface area contributed by atoms with Gasteiger partial charge in [0.2, 0.25) is 0 Å². The molecule has 2 aromatic rings. The minimum absolute atomic E-state index is 0.462. The second kappa shape index (κ2) is 4.44. The summed E-state index contributed by atoms with van der Waals surface area (Å²) >= 11 is 3.26. The number of nitrogens with zero attached hydrogens (tertiary/aromatic N) is 3. The van der Waals surface area contributed by atoms with Gasteiger partial charge in [0, 0.05) is 13.2 Å². The third-order valence-corrected chi connectivity index (χ3v) is 2.32. The average Bonchev–Trinajstić information content (AvgIpc) is 2.64. The smallest absolute Gasteiger partial charge is 0.138 e. The Hall–Kier alpha value is -1.36. The largest absolute Gasteiger partial charge is 0.486 e. The number of hydrogen-bond acceptors (Lipinski definition) is 3. The molecule has 0 fully saturated rings. The maximum atomic E-state index is 5.50. The van der Waals surface area contributed by atoms with E-state index in [1.807, 2.05) is 31.4 Å². The zero-order chi connectivity index (χ0) is 10.7. The van der Waals surface area contributed by atoms with E-state index in [0.29, 0.717) is 6.61 Å². The molecule has 0 radical (unpaired) electrons. The van der Waals surface area contributed by atoms with Crippen molar-refractivity contribution in [2.75, 3.05) is 0 Å². The minimum atomic E-state index is 0.462. The summed E-state index contributed by atoms with van der Waals surface area (Å²) in [6.45, 7) is 0.462. The van der Waals surface area contributed by atoms with Crippen molar-refractivity contribution < 1.29 is 4.74 Å². The maximum Gasteiger partial charge on any atom is 0.138 e. The lowest BCUT2D eigenvalue weighted by Gasteiger charge is -2.02. The molecule has 0 saturated carbocycles. The molecule has 0 aliphatic carbocycles. The molecule has 0 aromatic carbocycles. The van der Waals surface area contributed by atoms with Gasteiger partial charge in [-0.05, 0) is 34.1 Å². The lowest BCUT2D eigenvalue weighted by atomic mass is 10.4. The molecule has 2 heterocycles. The van der Waals surface area contributed by atoms with Crippen LogP contribution in [-0.2, 0) is 13.7 Å². The standard InChI is InChI=1S/C10H10BrN3O/c1-14-5-4-8(13-14)7-15-9-2-3-10(11)12-6-9/h2-6H,7H2,1H3. The van der Waals surface area contributed by atoms with Gasteiger partial charge in [-0.2, -0.15) is 5.10 Å². The molecule has 0 saturated heterocycles. The van der Waals surface area contributed by atoms with Gasteiger partial charge in [-0.15, -0.1) is 0 Å². The molecule has 0 spiro atoms. The van der Waals surface area contributed by atoms with E-state index in [4.69, 9.17) is 4.74 Å². The molecule has 2 rings (SSSR count). The van der Waals surface area contributed by atoms with E-state index in [0.717, 1.165) is 16.0 Å². The average molecular weight is 268 g/mol. The highest BCUT2D eigenvalue weighted by Gasteiger charge is 1.98. The van der Waals surface area contributed by atoms with Crippen LogP contribution in [0.2, 0.25) is 0 Å². The van der Waals surface area contributed by atoms with E-state index in [1.54, 1.807) is 10.9 Å². The van der Waals surface area contributed by atoms with Gasteiger partial charge < -0.3 is 4.74 Å². The van der Waals surface area contributed by atoms with E-state index >= 15 is 0 Å². The number of hydrogen-bond donors (Lipinski definition) is 0. The normalized spacial score (nSPS) is 10.3. The number of halogens is 1. The Morgan fingerprint density at radius 1 is 1.40 bits per heavy atom. The van der Waals surface area contributed by atoms with Gasteiger partial charge >= 0.3 is 0 Å². The van der Waals surface area contributed by atoms with Gasteiger partial charge in [0.25, 0.3) is 0 Å². The molecule has 0 atom stereocenters. The molecular formula is C10H10BrN3O. The molecule has 2 aromatic heterocycles. The van der Waals surface area contributed by atoms with E-state index in [-0.39, 0.29) is 0 Å². The van der Waals surface area contributed by atoms with Gasteiger partial charge in [0.05, 0.1) is 11.9 Å². The fourth-order valence-corrected chi connectivity index (χ4v) is 1.38. The third-order valence-electron chi connectivity index (χ3n) is 1.86. The first kappa shape index (κ1) is 10.2. The zero-order valence-electron chi connectivity index (χ0n) is 8.22. The lowest BCUT2D eigenvalue weighted by molar-refractivity contribution is 0.298. The van der Waals surface area contributed by atoms with Crippen molar-refractivity contribution in [2.45, 2.75) is 6.61 Å². The molecule has 0 N–H and O–H groups in total. The molecule has 0 aliphatic rings. The van der Waals surface area contributed by atoms with Gasteiger partial charge in [-0.3, -0.25) is 4.68 Å². The van der Waals surface area contributed by atoms with Crippen LogP contribution in [0.25, 0.3) is 0 Å². The van der Waals surface area contributed by atoms with Crippen LogP contribution in [0.15, 0.2) is 35.2 Å². The first-order valence-electron chi connectivity index (χ1n) is 4.47. The highest BCUT2D eigenvalue weighted by molar-refractivity contribution is 9.10. The monoisotopic (exact) mass is 267 g/mol. The second-order valence-corrected chi connectivity index (χ2v) is 3.90. The number of ether oxygens (including phenoxy) is 1. The summed E-state index contributed by atoms with van der Waals surface area (Å²) in [6.07, 6.45) is 3.56. The topological polar surface area (TPSA) is 39.9 Å². The number of aryl methyl sites for hydroxylation is 1. The highest BCUT2D eigenvalue weighted by Crippen LogP contribution is 2.13. The van der Waals surface area contributed by atoms with Gasteiger partial charge in [-0.1, -0.05) is 0 Å². The molecule has 4 nitrogen and oxygen atoms in total. The molecule has 0 unspecified atom stereocenters. The van der Waals surface area contributed by atoms with Crippen LogP contribution in [0, 0.1) is 0 Å². The Balaban J connectivity index is 1.96. The predicted molar refractivity (Wildman–Crippen MR) is 59.5 cm³/mol. The number of aromatic nitrogens is 3. The van der Waals surface area contributed by atoms with Crippen molar-refractivity contribution >= 4 is 15.9 Å². The first-order valence-corrected chi connectivity index (χ1v) is 5.26. The van der Waals surface area contributed by atoms with Crippen molar-refractivity contribution in [3.05, 3.63) is 40.9 Å². The molecule has 0 aliphatic heterocycles. The van der Waals surface area contributed by atoms with Crippen molar-refractivity contribution in [3.8, 4) is 5.75 Å². The molecule has 15 heavy (non-hydrogen) atoms. The molecule has 5 heteroatoms. The number of pyridine rings is 1. The van der Waals surface area contributed by atoms with Gasteiger partial charge in [0.15, 0.2) is 0 Å². The van der Waals surface area contributed by atoms with Crippen molar-refractivity contribution in [3.63, 3.8) is 0 Å². The Bertz CT molecular complexity index is 438. The highest BCUT2D eigenvalue weighted by atomic mass is 79.9. The fraction of sp³-hybridized carbons (Fsp3) is 0.200. The summed E-state index contributed by atoms with van der Waals surface area (Å²) in [6, 6.07) is 5.63. The van der Waals surface area contributed by atoms with E-state index in [1.165, 1.54) is 0 Å². The van der Waals surface area contributed by atoms with Crippen LogP contribution in [-0.4, -0.2) is 14.8 Å². The summed E-state index contributed by atoms with van der Waals surface area (Å²) in [5.74, 6) is 0.740. The van der Waals surface area contributed by atoms with Gasteiger partial charge in [0.1, 0.15) is 17.0 Å². The summed E-state index contributed by atoms with van der Waals surface area (Å²) in [5, 5.41) is 4.21. The third kappa shape index (κ3) is 2.79. The summed E-state index contributed by atoms with van der Waals surface area (Å²) in [5.41, 5.74) is 0.903.